The predicted octanol–water partition coefficient (Wildman–Crippen LogP) is 5.30. The van der Waals surface area contributed by atoms with Crippen LogP contribution in [0.15, 0.2) is 66.7 Å². The molecule has 6 nitrogen and oxygen atoms in total. The van der Waals surface area contributed by atoms with E-state index < -0.39 is 0 Å². The third-order valence-electron chi connectivity index (χ3n) is 5.53. The maximum Gasteiger partial charge on any atom is 0.255 e. The summed E-state index contributed by atoms with van der Waals surface area (Å²) in [4.78, 5) is 27.3. The summed E-state index contributed by atoms with van der Waals surface area (Å²) in [6.07, 6.45) is 0.918. The molecule has 0 saturated carbocycles. The van der Waals surface area contributed by atoms with Gasteiger partial charge in [0, 0.05) is 23.0 Å². The molecule has 33 heavy (non-hydrogen) atoms. The lowest BCUT2D eigenvalue weighted by Gasteiger charge is -2.25. The first-order chi connectivity index (χ1) is 16.0. The Morgan fingerprint density at radius 3 is 2.36 bits per heavy atom. The van der Waals surface area contributed by atoms with Crippen LogP contribution in [0.2, 0.25) is 0 Å². The van der Waals surface area contributed by atoms with Crippen LogP contribution in [0, 0.1) is 0 Å². The van der Waals surface area contributed by atoms with Crippen molar-refractivity contribution in [3.8, 4) is 11.5 Å². The second kappa shape index (κ2) is 10.0. The van der Waals surface area contributed by atoms with Gasteiger partial charge in [-0.05, 0) is 53.9 Å². The molecule has 1 fully saturated rings. The maximum absolute atomic E-state index is 12.8. The normalized spacial score (nSPS) is 15.4. The monoisotopic (exact) mass is 462 g/mol. The van der Waals surface area contributed by atoms with Gasteiger partial charge in [0.25, 0.3) is 5.91 Å². The summed E-state index contributed by atoms with van der Waals surface area (Å²) in [5.74, 6) is 1.37. The van der Waals surface area contributed by atoms with Gasteiger partial charge in [0.05, 0.1) is 20.0 Å². The summed E-state index contributed by atoms with van der Waals surface area (Å²) in [5.41, 5.74) is 4.23. The Morgan fingerprint density at radius 1 is 1.03 bits per heavy atom. The highest BCUT2D eigenvalue weighted by Gasteiger charge is 2.34. The first-order valence-corrected chi connectivity index (χ1v) is 11.7. The minimum atomic E-state index is -0.261. The minimum absolute atomic E-state index is 0.0996. The fourth-order valence-corrected chi connectivity index (χ4v) is 4.93. The smallest absolute Gasteiger partial charge is 0.255 e. The highest BCUT2D eigenvalue weighted by molar-refractivity contribution is 8.00. The van der Waals surface area contributed by atoms with Crippen LogP contribution in [-0.2, 0) is 11.2 Å². The van der Waals surface area contributed by atoms with Gasteiger partial charge in [0.1, 0.15) is 16.9 Å². The Hall–Kier alpha value is -3.45. The van der Waals surface area contributed by atoms with E-state index in [1.54, 1.807) is 44.2 Å². The van der Waals surface area contributed by atoms with E-state index in [-0.39, 0.29) is 17.2 Å². The number of nitrogens with one attached hydrogen (secondary N) is 1. The quantitative estimate of drug-likeness (QED) is 0.516. The molecule has 3 aromatic rings. The highest BCUT2D eigenvalue weighted by atomic mass is 32.2. The molecule has 1 atom stereocenters. The van der Waals surface area contributed by atoms with Gasteiger partial charge < -0.3 is 14.8 Å². The number of aryl methyl sites for hydroxylation is 1. The van der Waals surface area contributed by atoms with Crippen molar-refractivity contribution in [2.24, 2.45) is 0 Å². The number of carbonyl (C=O) groups excluding carboxylic acids is 2. The van der Waals surface area contributed by atoms with E-state index in [2.05, 4.69) is 24.4 Å². The number of hydrogen-bond donors (Lipinski definition) is 1. The zero-order valence-corrected chi connectivity index (χ0v) is 19.6. The van der Waals surface area contributed by atoms with Crippen molar-refractivity contribution in [1.82, 2.24) is 0 Å². The second-order valence-corrected chi connectivity index (χ2v) is 8.70. The molecule has 2 amide bonds. The molecular formula is C26H26N2O4S. The topological polar surface area (TPSA) is 67.9 Å². The van der Waals surface area contributed by atoms with E-state index in [0.29, 0.717) is 28.5 Å². The van der Waals surface area contributed by atoms with Crippen molar-refractivity contribution >= 4 is 35.0 Å². The summed E-state index contributed by atoms with van der Waals surface area (Å²) in [6.45, 7) is 2.10. The molecule has 0 bridgehead atoms. The van der Waals surface area contributed by atoms with Crippen LogP contribution in [0.1, 0.15) is 33.8 Å². The van der Waals surface area contributed by atoms with Crippen molar-refractivity contribution in [2.75, 3.05) is 30.2 Å². The van der Waals surface area contributed by atoms with Crippen molar-refractivity contribution in [1.29, 1.82) is 0 Å². The average Bonchev–Trinajstić information content (AvgIpc) is 3.25. The molecule has 0 radical (unpaired) electrons. The molecule has 0 aliphatic carbocycles. The van der Waals surface area contributed by atoms with Crippen LogP contribution < -0.4 is 19.7 Å². The molecule has 1 N–H and O–H groups in total. The Balaban J connectivity index is 1.52. The molecule has 0 aromatic heterocycles. The third kappa shape index (κ3) is 4.98. The van der Waals surface area contributed by atoms with Crippen LogP contribution in [0.5, 0.6) is 11.5 Å². The van der Waals surface area contributed by atoms with Gasteiger partial charge in [0.2, 0.25) is 5.91 Å². The molecule has 1 aliphatic heterocycles. The van der Waals surface area contributed by atoms with Gasteiger partial charge in [-0.2, -0.15) is 0 Å². The van der Waals surface area contributed by atoms with Crippen molar-refractivity contribution < 1.29 is 19.1 Å². The van der Waals surface area contributed by atoms with Crippen LogP contribution in [-0.4, -0.2) is 31.8 Å². The van der Waals surface area contributed by atoms with E-state index >= 15 is 0 Å². The molecule has 7 heteroatoms. The Morgan fingerprint density at radius 2 is 1.73 bits per heavy atom. The standard InChI is InChI=1S/C26H26N2O4S/c1-4-17-6-5-7-21(12-17)28-24(29)16-33-26(28)18-8-10-20(11-9-18)27-25(30)19-13-22(31-2)15-23(14-19)32-3/h5-15,26H,4,16H2,1-3H3,(H,27,30). The molecular weight excluding hydrogens is 436 g/mol. The number of benzene rings is 3. The third-order valence-corrected chi connectivity index (χ3v) is 6.74. The molecule has 3 aromatic carbocycles. The lowest BCUT2D eigenvalue weighted by atomic mass is 10.1. The lowest BCUT2D eigenvalue weighted by Crippen LogP contribution is -2.27. The zero-order valence-electron chi connectivity index (χ0n) is 18.8. The number of thioether (sulfide) groups is 1. The van der Waals surface area contributed by atoms with E-state index in [1.165, 1.54) is 5.56 Å². The SMILES string of the molecule is CCc1cccc(N2C(=O)CSC2c2ccc(NC(=O)c3cc(OC)cc(OC)c3)cc2)c1. The van der Waals surface area contributed by atoms with Gasteiger partial charge in [-0.15, -0.1) is 11.8 Å². The van der Waals surface area contributed by atoms with Crippen molar-refractivity contribution in [3.63, 3.8) is 0 Å². The summed E-state index contributed by atoms with van der Waals surface area (Å²) in [6, 6.07) is 20.8. The van der Waals surface area contributed by atoms with E-state index in [1.807, 2.05) is 41.3 Å². The summed E-state index contributed by atoms with van der Waals surface area (Å²) < 4.78 is 10.5. The number of methoxy groups -OCH3 is 2. The Kier molecular flexibility index (Phi) is 6.89. The van der Waals surface area contributed by atoms with Crippen molar-refractivity contribution in [3.05, 3.63) is 83.4 Å². The van der Waals surface area contributed by atoms with Crippen LogP contribution in [0.25, 0.3) is 0 Å². The Labute approximate surface area is 197 Å². The van der Waals surface area contributed by atoms with E-state index in [0.717, 1.165) is 17.7 Å². The van der Waals surface area contributed by atoms with Gasteiger partial charge in [-0.25, -0.2) is 0 Å². The van der Waals surface area contributed by atoms with Gasteiger partial charge in [-0.3, -0.25) is 14.5 Å². The van der Waals surface area contributed by atoms with E-state index in [9.17, 15) is 9.59 Å². The second-order valence-electron chi connectivity index (χ2n) is 7.63. The summed E-state index contributed by atoms with van der Waals surface area (Å²) in [7, 11) is 3.09. The van der Waals surface area contributed by atoms with Crippen LogP contribution in [0.3, 0.4) is 0 Å². The highest BCUT2D eigenvalue weighted by Crippen LogP contribution is 2.42. The van der Waals surface area contributed by atoms with Crippen LogP contribution in [0.4, 0.5) is 11.4 Å². The molecule has 1 saturated heterocycles. The van der Waals surface area contributed by atoms with Gasteiger partial charge in [-0.1, -0.05) is 31.2 Å². The minimum Gasteiger partial charge on any atom is -0.497 e. The Bertz CT molecular complexity index is 1140. The fourth-order valence-electron chi connectivity index (χ4n) is 3.75. The lowest BCUT2D eigenvalue weighted by molar-refractivity contribution is -0.115. The number of amides is 2. The largest absolute Gasteiger partial charge is 0.497 e. The van der Waals surface area contributed by atoms with Gasteiger partial charge >= 0.3 is 0 Å². The molecule has 0 spiro atoms. The van der Waals surface area contributed by atoms with Gasteiger partial charge in [0.15, 0.2) is 0 Å². The summed E-state index contributed by atoms with van der Waals surface area (Å²) in [5, 5.41) is 2.81. The fraction of sp³-hybridized carbons (Fsp3) is 0.231. The van der Waals surface area contributed by atoms with E-state index in [4.69, 9.17) is 9.47 Å². The zero-order chi connectivity index (χ0) is 23.4. The predicted molar refractivity (Wildman–Crippen MR) is 132 cm³/mol. The molecule has 1 heterocycles. The molecule has 4 rings (SSSR count). The number of nitrogens with zero attached hydrogens (tertiary/aromatic N) is 1. The van der Waals surface area contributed by atoms with Crippen LogP contribution >= 0.6 is 11.8 Å². The average molecular weight is 463 g/mol. The number of rotatable bonds is 7. The summed E-state index contributed by atoms with van der Waals surface area (Å²) >= 11 is 1.61. The van der Waals surface area contributed by atoms with Crippen molar-refractivity contribution in [2.45, 2.75) is 18.7 Å². The first-order valence-electron chi connectivity index (χ1n) is 10.7. The molecule has 1 unspecified atom stereocenters. The number of carbonyl (C=O) groups is 2. The number of anilines is 2. The molecule has 170 valence electrons. The number of ether oxygens (including phenoxy) is 2. The first kappa shape index (κ1) is 22.7. The maximum atomic E-state index is 12.8. The number of hydrogen-bond acceptors (Lipinski definition) is 5. The molecule has 1 aliphatic rings.